The quantitative estimate of drug-likeness (QED) is 0.594. The van der Waals surface area contributed by atoms with E-state index in [0.29, 0.717) is 29.4 Å². The zero-order valence-corrected chi connectivity index (χ0v) is 12.0. The Hall–Kier alpha value is -1.55. The molecule has 0 aliphatic heterocycles. The third-order valence-electron chi connectivity index (χ3n) is 2.51. The number of carbonyl (C=O) groups excluding carboxylic acids is 2. The summed E-state index contributed by atoms with van der Waals surface area (Å²) in [6, 6.07) is 4.72. The van der Waals surface area contributed by atoms with Crippen molar-refractivity contribution in [1.82, 2.24) is 0 Å². The van der Waals surface area contributed by atoms with Crippen LogP contribution in [-0.4, -0.2) is 24.5 Å². The first-order chi connectivity index (χ1) is 8.99. The molecule has 0 aliphatic carbocycles. The molecule has 0 saturated heterocycles. The van der Waals surface area contributed by atoms with Gasteiger partial charge in [0.05, 0.1) is 12.2 Å². The van der Waals surface area contributed by atoms with Crippen LogP contribution in [0.15, 0.2) is 18.2 Å². The first-order valence-corrected chi connectivity index (χ1v) is 6.51. The molecule has 104 valence electrons. The lowest BCUT2D eigenvalue weighted by atomic mass is 10.1. The highest BCUT2D eigenvalue weighted by Crippen LogP contribution is 2.25. The Morgan fingerprint density at radius 2 is 2.00 bits per heavy atom. The Kier molecular flexibility index (Phi) is 5.83. The lowest BCUT2D eigenvalue weighted by Crippen LogP contribution is -2.29. The smallest absolute Gasteiger partial charge is 0.347 e. The van der Waals surface area contributed by atoms with Crippen molar-refractivity contribution in [1.29, 1.82) is 0 Å². The second kappa shape index (κ2) is 7.14. The molecule has 1 rings (SSSR count). The van der Waals surface area contributed by atoms with Crippen LogP contribution in [0.3, 0.4) is 0 Å². The van der Waals surface area contributed by atoms with E-state index < -0.39 is 12.1 Å². The number of hydrogen-bond donors (Lipinski definition) is 0. The molecule has 0 aromatic heterocycles. The SMILES string of the molecule is CCOC(=O)C(CC)Oc1ccc(Cl)cc1C(C)=O. The van der Waals surface area contributed by atoms with Crippen LogP contribution in [-0.2, 0) is 9.53 Å². The number of benzene rings is 1. The van der Waals surface area contributed by atoms with E-state index in [1.807, 2.05) is 6.92 Å². The van der Waals surface area contributed by atoms with Gasteiger partial charge in [0.25, 0.3) is 0 Å². The summed E-state index contributed by atoms with van der Waals surface area (Å²) in [5, 5.41) is 0.446. The van der Waals surface area contributed by atoms with Crippen LogP contribution in [0.4, 0.5) is 0 Å². The van der Waals surface area contributed by atoms with Crippen LogP contribution in [0.1, 0.15) is 37.6 Å². The second-order valence-electron chi connectivity index (χ2n) is 3.96. The summed E-state index contributed by atoms with van der Waals surface area (Å²) >= 11 is 5.84. The highest BCUT2D eigenvalue weighted by molar-refractivity contribution is 6.31. The molecular formula is C14H17ClO4. The molecule has 1 atom stereocenters. The zero-order valence-electron chi connectivity index (χ0n) is 11.2. The number of ether oxygens (including phenoxy) is 2. The van der Waals surface area contributed by atoms with Crippen LogP contribution in [0.25, 0.3) is 0 Å². The Bertz CT molecular complexity index is 471. The van der Waals surface area contributed by atoms with E-state index >= 15 is 0 Å². The Balaban J connectivity index is 2.97. The van der Waals surface area contributed by atoms with Gasteiger partial charge in [-0.15, -0.1) is 0 Å². The van der Waals surface area contributed by atoms with Crippen molar-refractivity contribution in [2.45, 2.75) is 33.3 Å². The average Bonchev–Trinajstić information content (AvgIpc) is 2.37. The number of rotatable bonds is 6. The molecular weight excluding hydrogens is 268 g/mol. The zero-order chi connectivity index (χ0) is 14.4. The molecule has 0 spiro atoms. The highest BCUT2D eigenvalue weighted by Gasteiger charge is 2.21. The summed E-state index contributed by atoms with van der Waals surface area (Å²) in [7, 11) is 0. The number of halogens is 1. The average molecular weight is 285 g/mol. The fraction of sp³-hybridized carbons (Fsp3) is 0.429. The summed E-state index contributed by atoms with van der Waals surface area (Å²) in [6.45, 7) is 5.25. The first kappa shape index (κ1) is 15.5. The van der Waals surface area contributed by atoms with E-state index in [1.54, 1.807) is 19.1 Å². The van der Waals surface area contributed by atoms with E-state index in [0.717, 1.165) is 0 Å². The number of ketones is 1. The molecule has 1 aromatic carbocycles. The molecule has 1 unspecified atom stereocenters. The fourth-order valence-corrected chi connectivity index (χ4v) is 1.74. The number of carbonyl (C=O) groups is 2. The van der Waals surface area contributed by atoms with Gasteiger partial charge in [-0.3, -0.25) is 4.79 Å². The van der Waals surface area contributed by atoms with Gasteiger partial charge in [-0.1, -0.05) is 18.5 Å². The van der Waals surface area contributed by atoms with E-state index in [2.05, 4.69) is 0 Å². The van der Waals surface area contributed by atoms with Crippen molar-refractivity contribution in [3.8, 4) is 5.75 Å². The summed E-state index contributed by atoms with van der Waals surface area (Å²) in [5.74, 6) is -0.262. The van der Waals surface area contributed by atoms with Crippen LogP contribution in [0.2, 0.25) is 5.02 Å². The van der Waals surface area contributed by atoms with Gasteiger partial charge in [0.2, 0.25) is 0 Å². The van der Waals surface area contributed by atoms with E-state index in [1.165, 1.54) is 13.0 Å². The normalized spacial score (nSPS) is 11.8. The largest absolute Gasteiger partial charge is 0.478 e. The molecule has 0 saturated carbocycles. The predicted molar refractivity (Wildman–Crippen MR) is 72.8 cm³/mol. The first-order valence-electron chi connectivity index (χ1n) is 6.13. The molecule has 0 heterocycles. The molecule has 5 heteroatoms. The molecule has 19 heavy (non-hydrogen) atoms. The summed E-state index contributed by atoms with van der Waals surface area (Å²) in [6.07, 6.45) is -0.266. The summed E-state index contributed by atoms with van der Waals surface area (Å²) < 4.78 is 10.5. The second-order valence-corrected chi connectivity index (χ2v) is 4.40. The standard InChI is InChI=1S/C14H17ClO4/c1-4-12(14(17)18-5-2)19-13-7-6-10(15)8-11(13)9(3)16/h6-8,12H,4-5H2,1-3H3. The molecule has 0 radical (unpaired) electrons. The van der Waals surface area contributed by atoms with Crippen molar-refractivity contribution in [3.05, 3.63) is 28.8 Å². The van der Waals surface area contributed by atoms with E-state index in [9.17, 15) is 9.59 Å². The van der Waals surface area contributed by atoms with Gasteiger partial charge in [0.1, 0.15) is 5.75 Å². The predicted octanol–water partition coefficient (Wildman–Crippen LogP) is 3.26. The molecule has 0 bridgehead atoms. The van der Waals surface area contributed by atoms with Crippen molar-refractivity contribution >= 4 is 23.4 Å². The third kappa shape index (κ3) is 4.24. The molecule has 0 fully saturated rings. The van der Waals surface area contributed by atoms with Crippen molar-refractivity contribution in [3.63, 3.8) is 0 Å². The van der Waals surface area contributed by atoms with Crippen LogP contribution in [0.5, 0.6) is 5.75 Å². The van der Waals surface area contributed by atoms with Gasteiger partial charge in [-0.2, -0.15) is 0 Å². The minimum Gasteiger partial charge on any atom is -0.478 e. The van der Waals surface area contributed by atoms with Crippen LogP contribution < -0.4 is 4.74 Å². The topological polar surface area (TPSA) is 52.6 Å². The van der Waals surface area contributed by atoms with E-state index in [-0.39, 0.29) is 5.78 Å². The van der Waals surface area contributed by atoms with Crippen LogP contribution in [0, 0.1) is 0 Å². The van der Waals surface area contributed by atoms with Crippen molar-refractivity contribution < 1.29 is 19.1 Å². The minimum absolute atomic E-state index is 0.170. The maximum Gasteiger partial charge on any atom is 0.347 e. The molecule has 0 N–H and O–H groups in total. The number of esters is 1. The van der Waals surface area contributed by atoms with Crippen molar-refractivity contribution in [2.24, 2.45) is 0 Å². The maximum atomic E-state index is 11.7. The van der Waals surface area contributed by atoms with Gasteiger partial charge in [0.15, 0.2) is 11.9 Å². The Morgan fingerprint density at radius 1 is 1.32 bits per heavy atom. The number of hydrogen-bond acceptors (Lipinski definition) is 4. The van der Waals surface area contributed by atoms with Gasteiger partial charge in [-0.05, 0) is 38.5 Å². The Labute approximate surface area is 117 Å². The van der Waals surface area contributed by atoms with Gasteiger partial charge < -0.3 is 9.47 Å². The monoisotopic (exact) mass is 284 g/mol. The van der Waals surface area contributed by atoms with Crippen LogP contribution >= 0.6 is 11.6 Å². The Morgan fingerprint density at radius 3 is 2.53 bits per heavy atom. The lowest BCUT2D eigenvalue weighted by Gasteiger charge is -2.17. The van der Waals surface area contributed by atoms with Gasteiger partial charge in [-0.25, -0.2) is 4.79 Å². The third-order valence-corrected chi connectivity index (χ3v) is 2.75. The molecule has 4 nitrogen and oxygen atoms in total. The summed E-state index contributed by atoms with van der Waals surface area (Å²) in [5.41, 5.74) is 0.357. The summed E-state index contributed by atoms with van der Waals surface area (Å²) in [4.78, 5) is 23.2. The molecule has 0 amide bonds. The number of Topliss-reactive ketones (excluding diaryl/α,β-unsaturated/α-hetero) is 1. The highest BCUT2D eigenvalue weighted by atomic mass is 35.5. The lowest BCUT2D eigenvalue weighted by molar-refractivity contribution is -0.151. The molecule has 1 aromatic rings. The van der Waals surface area contributed by atoms with Crippen molar-refractivity contribution in [2.75, 3.05) is 6.61 Å². The fourth-order valence-electron chi connectivity index (χ4n) is 1.57. The van der Waals surface area contributed by atoms with Gasteiger partial charge >= 0.3 is 5.97 Å². The maximum absolute atomic E-state index is 11.7. The van der Waals surface area contributed by atoms with E-state index in [4.69, 9.17) is 21.1 Å². The minimum atomic E-state index is -0.723. The molecule has 0 aliphatic rings. The van der Waals surface area contributed by atoms with Gasteiger partial charge in [0, 0.05) is 5.02 Å².